The molecule has 33 heavy (non-hydrogen) atoms. The number of nitrogens with one attached hydrogen (secondary N) is 1. The van der Waals surface area contributed by atoms with Crippen LogP contribution >= 0.6 is 12.4 Å². The quantitative estimate of drug-likeness (QED) is 0.397. The third-order valence-corrected chi connectivity index (χ3v) is 5.55. The van der Waals surface area contributed by atoms with Crippen LogP contribution in [0.15, 0.2) is 36.4 Å². The number of hydrogen-bond donors (Lipinski definition) is 1. The number of hydrogen-bond acceptors (Lipinski definition) is 6. The van der Waals surface area contributed by atoms with E-state index in [1.165, 1.54) is 20.3 Å². The van der Waals surface area contributed by atoms with Crippen molar-refractivity contribution in [2.24, 2.45) is 5.92 Å². The van der Waals surface area contributed by atoms with E-state index in [1.54, 1.807) is 26.4 Å². The number of methoxy groups -OCH3 is 4. The van der Waals surface area contributed by atoms with Crippen molar-refractivity contribution in [3.05, 3.63) is 47.5 Å². The highest BCUT2D eigenvalue weighted by atomic mass is 35.5. The SMILES string of the molecule is Cl.[2H]C([2H])([2H])C(C([2H])([2H])[2H])[C@@](C#N)(CCCNCCc1ccc(OC)c(OC)c1)c1ccc(OC)c(OC)c1. The molecule has 7 heteroatoms. The summed E-state index contributed by atoms with van der Waals surface area (Å²) in [7, 11) is 6.02. The standard InChI is InChI=1S/C26H36N2O4.ClH/c1-19(2)26(18-27,21-9-11-23(30-4)25(17-21)32-6)13-7-14-28-15-12-20-8-10-22(29-3)24(16-20)31-5;/h8-11,16-17,19,28H,7,12-15H2,1-6H3;1H/t26-;/m0./s1/i1D3,2D3;. The summed E-state index contributed by atoms with van der Waals surface area (Å²) in [6.45, 7) is -4.74. The first-order valence-electron chi connectivity index (χ1n) is 13.4. The van der Waals surface area contributed by atoms with E-state index in [4.69, 9.17) is 27.2 Å². The second-order valence-electron chi connectivity index (χ2n) is 7.38. The molecule has 2 aromatic rings. The lowest BCUT2D eigenvalue weighted by Crippen LogP contribution is -2.32. The first-order chi connectivity index (χ1) is 17.9. The third kappa shape index (κ3) is 6.93. The van der Waals surface area contributed by atoms with Gasteiger partial charge in [0.1, 0.15) is 0 Å². The zero-order valence-corrected chi connectivity index (χ0v) is 20.4. The van der Waals surface area contributed by atoms with Crippen LogP contribution in [-0.4, -0.2) is 41.5 Å². The molecule has 0 saturated heterocycles. The van der Waals surface area contributed by atoms with Gasteiger partial charge in [0, 0.05) is 8.22 Å². The fourth-order valence-corrected chi connectivity index (χ4v) is 3.64. The molecule has 182 valence electrons. The molecule has 0 spiro atoms. The van der Waals surface area contributed by atoms with Crippen LogP contribution in [0.3, 0.4) is 0 Å². The minimum Gasteiger partial charge on any atom is -0.493 e. The summed E-state index contributed by atoms with van der Waals surface area (Å²) >= 11 is 0. The van der Waals surface area contributed by atoms with E-state index in [0.717, 1.165) is 5.56 Å². The van der Waals surface area contributed by atoms with E-state index in [-0.39, 0.29) is 30.1 Å². The maximum atomic E-state index is 10.4. The van der Waals surface area contributed by atoms with E-state index in [0.29, 0.717) is 43.2 Å². The van der Waals surface area contributed by atoms with Gasteiger partial charge in [0.05, 0.1) is 39.9 Å². The van der Waals surface area contributed by atoms with Gasteiger partial charge in [0.15, 0.2) is 23.0 Å². The number of nitrogens with zero attached hydrogens (tertiary/aromatic N) is 1. The van der Waals surface area contributed by atoms with Crippen LogP contribution in [0.2, 0.25) is 0 Å². The number of benzene rings is 2. The normalized spacial score (nSPS) is 15.8. The summed E-state index contributed by atoms with van der Waals surface area (Å²) in [5.74, 6) is 0.0495. The fourth-order valence-electron chi connectivity index (χ4n) is 3.64. The zero-order valence-electron chi connectivity index (χ0n) is 25.6. The molecule has 1 N–H and O–H groups in total. The molecule has 0 aliphatic carbocycles. The Balaban J connectivity index is 0.00000760. The molecule has 0 aliphatic heterocycles. The Hall–Kier alpha value is -2.62. The van der Waals surface area contributed by atoms with Gasteiger partial charge in [0.25, 0.3) is 0 Å². The maximum absolute atomic E-state index is 10.4. The molecule has 0 bridgehead atoms. The monoisotopic (exact) mass is 482 g/mol. The van der Waals surface area contributed by atoms with E-state index >= 15 is 0 Å². The average molecular weight is 483 g/mol. The zero-order chi connectivity index (χ0) is 28.6. The summed E-state index contributed by atoms with van der Waals surface area (Å²) in [6, 6.07) is 12.4. The molecule has 0 unspecified atom stereocenters. The maximum Gasteiger partial charge on any atom is 0.161 e. The molecule has 0 aliphatic rings. The minimum absolute atomic E-state index is 0. The van der Waals surface area contributed by atoms with Crippen molar-refractivity contribution in [1.29, 1.82) is 5.26 Å². The average Bonchev–Trinajstić information content (AvgIpc) is 2.87. The van der Waals surface area contributed by atoms with Crippen LogP contribution in [0.1, 0.15) is 45.9 Å². The molecule has 0 aromatic heterocycles. The summed E-state index contributed by atoms with van der Waals surface area (Å²) in [5, 5.41) is 13.7. The molecule has 0 fully saturated rings. The smallest absolute Gasteiger partial charge is 0.161 e. The predicted octanol–water partition coefficient (Wildman–Crippen LogP) is 5.17. The van der Waals surface area contributed by atoms with E-state index < -0.39 is 25.0 Å². The lowest BCUT2D eigenvalue weighted by molar-refractivity contribution is 0.341. The van der Waals surface area contributed by atoms with Gasteiger partial charge >= 0.3 is 0 Å². The highest BCUT2D eigenvalue weighted by Crippen LogP contribution is 2.40. The van der Waals surface area contributed by atoms with Crippen LogP contribution in [-0.2, 0) is 11.8 Å². The Morgan fingerprint density at radius 2 is 1.52 bits per heavy atom. The van der Waals surface area contributed by atoms with Gasteiger partial charge in [-0.05, 0) is 73.7 Å². The Labute approximate surface area is 213 Å². The summed E-state index contributed by atoms with van der Waals surface area (Å²) < 4.78 is 69.6. The summed E-state index contributed by atoms with van der Waals surface area (Å²) in [6.07, 6.45) is 1.09. The molecular weight excluding hydrogens is 440 g/mol. The van der Waals surface area contributed by atoms with E-state index in [2.05, 4.69) is 11.4 Å². The number of rotatable bonds is 13. The van der Waals surface area contributed by atoms with Crippen molar-refractivity contribution >= 4 is 12.4 Å². The second-order valence-corrected chi connectivity index (χ2v) is 7.38. The lowest BCUT2D eigenvalue weighted by atomic mass is 9.70. The molecule has 6 nitrogen and oxygen atoms in total. The van der Waals surface area contributed by atoms with Gasteiger partial charge < -0.3 is 24.3 Å². The van der Waals surface area contributed by atoms with Gasteiger partial charge in [-0.1, -0.05) is 25.8 Å². The largest absolute Gasteiger partial charge is 0.493 e. The van der Waals surface area contributed by atoms with Gasteiger partial charge in [-0.2, -0.15) is 5.26 Å². The second kappa shape index (κ2) is 13.8. The van der Waals surface area contributed by atoms with Crippen molar-refractivity contribution in [3.8, 4) is 29.1 Å². The van der Waals surface area contributed by atoms with Gasteiger partial charge in [-0.3, -0.25) is 0 Å². The topological polar surface area (TPSA) is 72.7 Å². The Kier molecular flexibility index (Phi) is 8.30. The minimum atomic E-state index is -2.91. The highest BCUT2D eigenvalue weighted by Gasteiger charge is 2.36. The van der Waals surface area contributed by atoms with E-state index in [9.17, 15) is 5.26 Å². The van der Waals surface area contributed by atoms with Gasteiger partial charge in [-0.15, -0.1) is 12.4 Å². The molecule has 0 saturated carbocycles. The molecule has 2 aromatic carbocycles. The van der Waals surface area contributed by atoms with Crippen molar-refractivity contribution in [2.45, 2.75) is 38.4 Å². The third-order valence-electron chi connectivity index (χ3n) is 5.55. The first-order valence-corrected chi connectivity index (χ1v) is 10.4. The molecule has 1 atom stereocenters. The van der Waals surface area contributed by atoms with Crippen LogP contribution in [0.25, 0.3) is 0 Å². The summed E-state index contributed by atoms with van der Waals surface area (Å²) in [4.78, 5) is 0. The molecule has 0 amide bonds. The summed E-state index contributed by atoms with van der Waals surface area (Å²) in [5.41, 5.74) is -0.516. The van der Waals surface area contributed by atoms with Crippen LogP contribution in [0.5, 0.6) is 23.0 Å². The molecule has 0 heterocycles. The van der Waals surface area contributed by atoms with Crippen molar-refractivity contribution in [3.63, 3.8) is 0 Å². The Morgan fingerprint density at radius 1 is 0.909 bits per heavy atom. The van der Waals surface area contributed by atoms with Crippen molar-refractivity contribution in [2.75, 3.05) is 41.5 Å². The Morgan fingerprint density at radius 3 is 2.09 bits per heavy atom. The van der Waals surface area contributed by atoms with Crippen LogP contribution in [0, 0.1) is 17.2 Å². The first kappa shape index (κ1) is 19.8. The van der Waals surface area contributed by atoms with Crippen LogP contribution in [0.4, 0.5) is 0 Å². The fraction of sp³-hybridized carbons (Fsp3) is 0.500. The van der Waals surface area contributed by atoms with Crippen molar-refractivity contribution in [1.82, 2.24) is 5.32 Å². The van der Waals surface area contributed by atoms with Crippen LogP contribution < -0.4 is 24.3 Å². The number of ether oxygens (including phenoxy) is 4. The molecular formula is C26H37ClN2O4. The number of nitriles is 1. The number of halogens is 1. The van der Waals surface area contributed by atoms with Crippen molar-refractivity contribution < 1.29 is 27.2 Å². The molecule has 2 rings (SSSR count). The lowest BCUT2D eigenvalue weighted by Gasteiger charge is -2.32. The highest BCUT2D eigenvalue weighted by molar-refractivity contribution is 5.85. The van der Waals surface area contributed by atoms with E-state index in [1.807, 2.05) is 18.2 Å². The molecule has 0 radical (unpaired) electrons. The Bertz CT molecular complexity index is 1090. The van der Waals surface area contributed by atoms with Gasteiger partial charge in [0.2, 0.25) is 0 Å². The van der Waals surface area contributed by atoms with Gasteiger partial charge in [-0.25, -0.2) is 0 Å². The predicted molar refractivity (Wildman–Crippen MR) is 134 cm³/mol.